The van der Waals surface area contributed by atoms with Crippen LogP contribution >= 0.6 is 0 Å². The van der Waals surface area contributed by atoms with Crippen molar-refractivity contribution in [1.82, 2.24) is 0 Å². The third kappa shape index (κ3) is 34.5. The van der Waals surface area contributed by atoms with E-state index < -0.39 is 28.3 Å². The zero-order valence-corrected chi connectivity index (χ0v) is 29.8. The van der Waals surface area contributed by atoms with Crippen LogP contribution in [0.5, 0.6) is 0 Å². The third-order valence-electron chi connectivity index (χ3n) is 7.51. The summed E-state index contributed by atoms with van der Waals surface area (Å²) in [6, 6.07) is 0. The van der Waals surface area contributed by atoms with Crippen LogP contribution in [0.4, 0.5) is 0 Å². The van der Waals surface area contributed by atoms with Crippen molar-refractivity contribution >= 4 is 28.3 Å². The standard InChI is InChI=1S/C10H19.C9H17.4C4H9.2Al/c1-3-5-7-9-10-8-6-4-2;1-3-5-7-9-8-6-4-2;4*1-4(2)3;;/h3H,1-2,4-10H2;3H,1-2,4-9H2;4*4H,1H2,2-3H3;;. The molecule has 0 rings (SSSR count). The Labute approximate surface area is 246 Å². The molecule has 0 amide bonds. The second kappa shape index (κ2) is 29.5. The van der Waals surface area contributed by atoms with Crippen LogP contribution < -0.4 is 0 Å². The Kier molecular flexibility index (Phi) is 31.7. The average Bonchev–Trinajstić information content (AvgIpc) is 2.79. The second-order valence-corrected chi connectivity index (χ2v) is 20.4. The molecule has 0 aromatic rings. The second-order valence-electron chi connectivity index (χ2n) is 13.9. The monoisotopic (exact) mass is 547 g/mol. The lowest BCUT2D eigenvalue weighted by molar-refractivity contribution is 0.606. The summed E-state index contributed by atoms with van der Waals surface area (Å²) in [5, 5.41) is 9.46. The van der Waals surface area contributed by atoms with Crippen LogP contribution in [0.2, 0.25) is 31.7 Å². The van der Waals surface area contributed by atoms with Crippen molar-refractivity contribution in [3.05, 3.63) is 25.3 Å². The molecule has 0 aromatic carbocycles. The summed E-state index contributed by atoms with van der Waals surface area (Å²) in [4.78, 5) is 0. The van der Waals surface area contributed by atoms with Crippen LogP contribution in [0.15, 0.2) is 25.3 Å². The molecule has 0 saturated heterocycles. The van der Waals surface area contributed by atoms with E-state index in [0.717, 1.165) is 23.7 Å². The maximum Gasteiger partial charge on any atom is 0.262 e. The topological polar surface area (TPSA) is 0 Å². The Morgan fingerprint density at radius 2 is 0.649 bits per heavy atom. The fourth-order valence-corrected chi connectivity index (χ4v) is 14.4. The predicted octanol–water partition coefficient (Wildman–Crippen LogP) is 13.0. The minimum absolute atomic E-state index is 0.431. The van der Waals surface area contributed by atoms with E-state index in [-0.39, 0.29) is 0 Å². The molecule has 0 nitrogen and oxygen atoms in total. The zero-order chi connectivity index (χ0) is 28.3. The quantitative estimate of drug-likeness (QED) is 0.0607. The molecule has 0 aliphatic carbocycles. The summed E-state index contributed by atoms with van der Waals surface area (Å²) < 4.78 is 0. The Balaban J connectivity index is 0. The number of hydrogen-bond donors (Lipinski definition) is 0. The highest BCUT2D eigenvalue weighted by atomic mass is 27.2. The molecular weight excluding hydrogens is 474 g/mol. The first kappa shape index (κ1) is 39.7. The number of rotatable bonds is 25. The summed E-state index contributed by atoms with van der Waals surface area (Å²) in [6.07, 6.45) is 22.3. The van der Waals surface area contributed by atoms with Gasteiger partial charge in [0.2, 0.25) is 0 Å². The Hall–Kier alpha value is 0.545. The van der Waals surface area contributed by atoms with Crippen LogP contribution in [0.1, 0.15) is 139 Å². The fraction of sp³-hybridized carbons (Fsp3) is 0.886. The van der Waals surface area contributed by atoms with Gasteiger partial charge in [0.05, 0.1) is 0 Å². The van der Waals surface area contributed by atoms with Gasteiger partial charge in [0.25, 0.3) is 28.3 Å². The van der Waals surface area contributed by atoms with Crippen molar-refractivity contribution in [3.8, 4) is 0 Å². The molecule has 218 valence electrons. The zero-order valence-electron chi connectivity index (χ0n) is 27.5. The first-order valence-electron chi connectivity index (χ1n) is 16.8. The lowest BCUT2D eigenvalue weighted by Crippen LogP contribution is -2.17. The van der Waals surface area contributed by atoms with E-state index in [2.05, 4.69) is 68.5 Å². The van der Waals surface area contributed by atoms with Crippen molar-refractivity contribution in [2.45, 2.75) is 171 Å². The highest BCUT2D eigenvalue weighted by molar-refractivity contribution is 6.59. The van der Waals surface area contributed by atoms with Gasteiger partial charge >= 0.3 is 0 Å². The van der Waals surface area contributed by atoms with Crippen molar-refractivity contribution in [2.24, 2.45) is 23.7 Å². The van der Waals surface area contributed by atoms with E-state index >= 15 is 0 Å². The van der Waals surface area contributed by atoms with Gasteiger partial charge in [0, 0.05) is 0 Å². The van der Waals surface area contributed by atoms with Crippen molar-refractivity contribution < 1.29 is 0 Å². The first-order chi connectivity index (χ1) is 17.6. The maximum atomic E-state index is 3.78. The van der Waals surface area contributed by atoms with Gasteiger partial charge in [0.1, 0.15) is 0 Å². The highest BCUT2D eigenvalue weighted by Gasteiger charge is 2.20. The van der Waals surface area contributed by atoms with Gasteiger partial charge < -0.3 is 0 Å². The van der Waals surface area contributed by atoms with E-state index in [0.29, 0.717) is 0 Å². The number of allylic oxidation sites excluding steroid dienone is 2. The average molecular weight is 547 g/mol. The number of unbranched alkanes of at least 4 members (excludes halogenated alkanes) is 11. The van der Waals surface area contributed by atoms with E-state index in [9.17, 15) is 0 Å². The molecule has 0 bridgehead atoms. The van der Waals surface area contributed by atoms with Gasteiger partial charge in [-0.15, -0.1) is 13.2 Å². The van der Waals surface area contributed by atoms with Crippen LogP contribution in [0, 0.1) is 23.7 Å². The summed E-state index contributed by atoms with van der Waals surface area (Å²) in [6.45, 7) is 26.8. The van der Waals surface area contributed by atoms with Crippen molar-refractivity contribution in [2.75, 3.05) is 0 Å². The van der Waals surface area contributed by atoms with Crippen LogP contribution in [-0.4, -0.2) is 28.3 Å². The van der Waals surface area contributed by atoms with E-state index in [4.69, 9.17) is 0 Å². The predicted molar refractivity (Wildman–Crippen MR) is 180 cm³/mol. The summed E-state index contributed by atoms with van der Waals surface area (Å²) in [7, 11) is 0. The normalized spacial score (nSPS) is 11.2. The Bertz CT molecular complexity index is 446. The largest absolute Gasteiger partial charge is 0.262 e. The van der Waals surface area contributed by atoms with E-state index in [1.165, 1.54) is 83.5 Å². The molecule has 0 aliphatic rings. The lowest BCUT2D eigenvalue weighted by Gasteiger charge is -2.16. The molecule has 0 aromatic heterocycles. The van der Waals surface area contributed by atoms with Gasteiger partial charge in [-0.2, -0.15) is 0 Å². The minimum Gasteiger partial charge on any atom is -0.103 e. The maximum absolute atomic E-state index is 3.78. The Morgan fingerprint density at radius 3 is 0.892 bits per heavy atom. The molecule has 0 N–H and O–H groups in total. The lowest BCUT2D eigenvalue weighted by atomic mass is 10.1. The summed E-state index contributed by atoms with van der Waals surface area (Å²) >= 11 is -0.863. The Morgan fingerprint density at radius 1 is 0.405 bits per heavy atom. The summed E-state index contributed by atoms with van der Waals surface area (Å²) in [5.41, 5.74) is 0. The van der Waals surface area contributed by atoms with Gasteiger partial charge in [0.15, 0.2) is 0 Å². The van der Waals surface area contributed by atoms with E-state index in [1.54, 1.807) is 31.7 Å². The van der Waals surface area contributed by atoms with Crippen molar-refractivity contribution in [1.29, 1.82) is 0 Å². The SMILES string of the molecule is C=CCCCCCCC[CH2][Al]([CH2]C(C)C)[CH2]C(C)C.C=CCCCCCC[CH2][Al]([CH2]C(C)C)[CH2]C(C)C. The highest BCUT2D eigenvalue weighted by Crippen LogP contribution is 2.22. The molecule has 2 heteroatoms. The molecule has 0 spiro atoms. The summed E-state index contributed by atoms with van der Waals surface area (Å²) in [5.74, 6) is 3.70. The van der Waals surface area contributed by atoms with Crippen LogP contribution in [0.3, 0.4) is 0 Å². The molecule has 0 unspecified atom stereocenters. The van der Waals surface area contributed by atoms with Crippen LogP contribution in [0.25, 0.3) is 0 Å². The van der Waals surface area contributed by atoms with Crippen LogP contribution in [-0.2, 0) is 0 Å². The molecule has 0 heterocycles. The first-order valence-corrected chi connectivity index (χ1v) is 21.7. The molecule has 0 atom stereocenters. The molecule has 0 fully saturated rings. The molecule has 37 heavy (non-hydrogen) atoms. The van der Waals surface area contributed by atoms with Gasteiger partial charge in [-0.3, -0.25) is 0 Å². The minimum atomic E-state index is -0.433. The van der Waals surface area contributed by atoms with Crippen molar-refractivity contribution in [3.63, 3.8) is 0 Å². The van der Waals surface area contributed by atoms with Gasteiger partial charge in [-0.1, -0.05) is 181 Å². The van der Waals surface area contributed by atoms with Gasteiger partial charge in [-0.25, -0.2) is 0 Å². The van der Waals surface area contributed by atoms with Gasteiger partial charge in [-0.05, 0) is 25.7 Å². The molecule has 0 aliphatic heterocycles. The molecular formula is C35H72Al2. The smallest absolute Gasteiger partial charge is 0.103 e. The van der Waals surface area contributed by atoms with E-state index in [1.807, 2.05) is 12.2 Å². The molecule has 0 radical (unpaired) electrons. The fourth-order valence-electron chi connectivity index (χ4n) is 6.01. The number of hydrogen-bond acceptors (Lipinski definition) is 0. The third-order valence-corrected chi connectivity index (χ3v) is 16.4. The molecule has 0 saturated carbocycles.